The molecular formula is C18H16Cl2FNO3. The van der Waals surface area contributed by atoms with Crippen molar-refractivity contribution in [3.05, 3.63) is 51.3 Å². The van der Waals surface area contributed by atoms with E-state index in [0.29, 0.717) is 23.8 Å². The number of anilines is 1. The fourth-order valence-electron chi connectivity index (χ4n) is 2.70. The van der Waals surface area contributed by atoms with Crippen molar-refractivity contribution >= 4 is 34.8 Å². The number of benzene rings is 2. The average molecular weight is 384 g/mol. The van der Waals surface area contributed by atoms with Crippen LogP contribution in [0.2, 0.25) is 10.0 Å². The van der Waals surface area contributed by atoms with Gasteiger partial charge in [0.1, 0.15) is 23.4 Å². The Morgan fingerprint density at radius 2 is 2.08 bits per heavy atom. The molecule has 1 heterocycles. The molecule has 0 saturated carbocycles. The van der Waals surface area contributed by atoms with Gasteiger partial charge in [-0.1, -0.05) is 23.2 Å². The van der Waals surface area contributed by atoms with E-state index in [1.54, 1.807) is 6.07 Å². The molecule has 0 radical (unpaired) electrons. The van der Waals surface area contributed by atoms with Crippen LogP contribution in [-0.2, 0) is 6.42 Å². The summed E-state index contributed by atoms with van der Waals surface area (Å²) >= 11 is 11.7. The second-order valence-corrected chi connectivity index (χ2v) is 6.54. The molecule has 0 bridgehead atoms. The quantitative estimate of drug-likeness (QED) is 0.746. The van der Waals surface area contributed by atoms with Gasteiger partial charge in [-0.15, -0.1) is 0 Å². The Kier molecular flexibility index (Phi) is 5.06. The molecule has 132 valence electrons. The second kappa shape index (κ2) is 7.10. The summed E-state index contributed by atoms with van der Waals surface area (Å²) in [6.45, 7) is 4.26. The van der Waals surface area contributed by atoms with Gasteiger partial charge in [-0.2, -0.15) is 0 Å². The highest BCUT2D eigenvalue weighted by atomic mass is 35.5. The Morgan fingerprint density at radius 1 is 1.32 bits per heavy atom. The minimum atomic E-state index is -0.715. The number of carbonyl (C=O) groups excluding carboxylic acids is 1. The number of ether oxygens (including phenoxy) is 2. The van der Waals surface area contributed by atoms with E-state index < -0.39 is 11.7 Å². The molecule has 1 N–H and O–H groups in total. The summed E-state index contributed by atoms with van der Waals surface area (Å²) in [7, 11) is 0. The predicted molar refractivity (Wildman–Crippen MR) is 95.8 cm³/mol. The molecule has 1 amide bonds. The SMILES string of the molecule is CCOc1cc2c(cc1NC(=O)c1cc(F)c(Cl)cc1Cl)OC(C)C2. The van der Waals surface area contributed by atoms with Gasteiger partial charge in [0.25, 0.3) is 5.91 Å². The highest BCUT2D eigenvalue weighted by Crippen LogP contribution is 2.38. The van der Waals surface area contributed by atoms with Gasteiger partial charge in [0.15, 0.2) is 0 Å². The van der Waals surface area contributed by atoms with Gasteiger partial charge in [0.2, 0.25) is 0 Å². The van der Waals surface area contributed by atoms with E-state index in [4.69, 9.17) is 32.7 Å². The van der Waals surface area contributed by atoms with E-state index in [-0.39, 0.29) is 21.7 Å². The lowest BCUT2D eigenvalue weighted by Gasteiger charge is -2.14. The molecule has 2 aromatic carbocycles. The maximum atomic E-state index is 13.7. The number of hydrogen-bond donors (Lipinski definition) is 1. The molecule has 1 aliphatic heterocycles. The van der Waals surface area contributed by atoms with Gasteiger partial charge in [-0.3, -0.25) is 4.79 Å². The van der Waals surface area contributed by atoms with Crippen LogP contribution in [0.5, 0.6) is 11.5 Å². The molecule has 0 fully saturated rings. The lowest BCUT2D eigenvalue weighted by Crippen LogP contribution is -2.14. The third-order valence-corrected chi connectivity index (χ3v) is 4.40. The summed E-state index contributed by atoms with van der Waals surface area (Å²) in [5.74, 6) is -0.0580. The standard InChI is InChI=1S/C18H16Cl2FNO3/c1-3-24-17-5-10-4-9(2)25-16(10)8-15(17)22-18(23)11-6-14(21)13(20)7-12(11)19/h5-9H,3-4H2,1-2H3,(H,22,23). The van der Waals surface area contributed by atoms with Gasteiger partial charge >= 0.3 is 0 Å². The van der Waals surface area contributed by atoms with Crippen molar-refractivity contribution in [2.45, 2.75) is 26.4 Å². The lowest BCUT2D eigenvalue weighted by atomic mass is 10.1. The van der Waals surface area contributed by atoms with Gasteiger partial charge in [0, 0.05) is 18.1 Å². The molecule has 2 aromatic rings. The minimum absolute atomic E-state index is 0.0131. The number of carbonyl (C=O) groups is 1. The summed E-state index contributed by atoms with van der Waals surface area (Å²) < 4.78 is 25.0. The first-order chi connectivity index (χ1) is 11.9. The van der Waals surface area contributed by atoms with E-state index in [1.807, 2.05) is 19.9 Å². The number of halogens is 3. The molecule has 7 heteroatoms. The number of hydrogen-bond acceptors (Lipinski definition) is 3. The van der Waals surface area contributed by atoms with Crippen LogP contribution in [0.15, 0.2) is 24.3 Å². The van der Waals surface area contributed by atoms with Crippen LogP contribution in [0.3, 0.4) is 0 Å². The smallest absolute Gasteiger partial charge is 0.257 e. The second-order valence-electron chi connectivity index (χ2n) is 5.72. The van der Waals surface area contributed by atoms with E-state index >= 15 is 0 Å². The summed E-state index contributed by atoms with van der Waals surface area (Å²) in [6, 6.07) is 5.76. The monoisotopic (exact) mass is 383 g/mol. The highest BCUT2D eigenvalue weighted by molar-refractivity contribution is 6.37. The first kappa shape index (κ1) is 17.8. The molecule has 1 unspecified atom stereocenters. The third-order valence-electron chi connectivity index (χ3n) is 3.80. The molecule has 1 aliphatic rings. The Morgan fingerprint density at radius 3 is 2.80 bits per heavy atom. The van der Waals surface area contributed by atoms with Crippen LogP contribution in [0.25, 0.3) is 0 Å². The van der Waals surface area contributed by atoms with Crippen molar-refractivity contribution in [2.24, 2.45) is 0 Å². The lowest BCUT2D eigenvalue weighted by molar-refractivity contribution is 0.102. The van der Waals surface area contributed by atoms with Crippen LogP contribution in [0.4, 0.5) is 10.1 Å². The Hall–Kier alpha value is -1.98. The first-order valence-corrected chi connectivity index (χ1v) is 8.57. The van der Waals surface area contributed by atoms with E-state index in [1.165, 1.54) is 6.07 Å². The summed E-state index contributed by atoms with van der Waals surface area (Å²) in [5.41, 5.74) is 1.44. The van der Waals surface area contributed by atoms with Crippen LogP contribution >= 0.6 is 23.2 Å². The minimum Gasteiger partial charge on any atom is -0.492 e. The largest absolute Gasteiger partial charge is 0.492 e. The van der Waals surface area contributed by atoms with Crippen molar-refractivity contribution in [2.75, 3.05) is 11.9 Å². The number of rotatable bonds is 4. The Labute approximate surface area is 154 Å². The van der Waals surface area contributed by atoms with Crippen LogP contribution in [-0.4, -0.2) is 18.6 Å². The van der Waals surface area contributed by atoms with Crippen molar-refractivity contribution in [3.8, 4) is 11.5 Å². The number of fused-ring (bicyclic) bond motifs is 1. The molecule has 4 nitrogen and oxygen atoms in total. The summed E-state index contributed by atoms with van der Waals surface area (Å²) in [4.78, 5) is 12.5. The first-order valence-electron chi connectivity index (χ1n) is 7.81. The summed E-state index contributed by atoms with van der Waals surface area (Å²) in [6.07, 6.45) is 0.841. The van der Waals surface area contributed by atoms with Crippen molar-refractivity contribution < 1.29 is 18.7 Å². The average Bonchev–Trinajstić information content (AvgIpc) is 2.90. The van der Waals surface area contributed by atoms with Crippen molar-refractivity contribution in [1.82, 2.24) is 0 Å². The van der Waals surface area contributed by atoms with Crippen LogP contribution < -0.4 is 14.8 Å². The topological polar surface area (TPSA) is 47.6 Å². The van der Waals surface area contributed by atoms with E-state index in [9.17, 15) is 9.18 Å². The predicted octanol–water partition coefficient (Wildman–Crippen LogP) is 5.11. The van der Waals surface area contributed by atoms with Gasteiger partial charge in [-0.05, 0) is 32.0 Å². The molecule has 0 saturated heterocycles. The summed E-state index contributed by atoms with van der Waals surface area (Å²) in [5, 5.41) is 2.63. The maximum Gasteiger partial charge on any atom is 0.257 e. The highest BCUT2D eigenvalue weighted by Gasteiger charge is 2.23. The van der Waals surface area contributed by atoms with Crippen molar-refractivity contribution in [3.63, 3.8) is 0 Å². The van der Waals surface area contributed by atoms with E-state index in [2.05, 4.69) is 5.32 Å². The van der Waals surface area contributed by atoms with Crippen molar-refractivity contribution in [1.29, 1.82) is 0 Å². The fraction of sp³-hybridized carbons (Fsp3) is 0.278. The van der Waals surface area contributed by atoms with Crippen LogP contribution in [0.1, 0.15) is 29.8 Å². The molecule has 3 rings (SSSR count). The van der Waals surface area contributed by atoms with E-state index in [0.717, 1.165) is 18.1 Å². The van der Waals surface area contributed by atoms with Crippen LogP contribution in [0, 0.1) is 5.82 Å². The molecule has 0 aliphatic carbocycles. The molecule has 25 heavy (non-hydrogen) atoms. The normalized spacial score (nSPS) is 15.5. The molecule has 0 aromatic heterocycles. The molecule has 0 spiro atoms. The van der Waals surface area contributed by atoms with Gasteiger partial charge < -0.3 is 14.8 Å². The zero-order valence-electron chi connectivity index (χ0n) is 13.7. The third kappa shape index (κ3) is 3.67. The maximum absolute atomic E-state index is 13.7. The Bertz CT molecular complexity index is 842. The Balaban J connectivity index is 1.93. The zero-order valence-corrected chi connectivity index (χ0v) is 15.2. The van der Waals surface area contributed by atoms with Gasteiger partial charge in [0.05, 0.1) is 27.9 Å². The number of nitrogens with one attached hydrogen (secondary N) is 1. The van der Waals surface area contributed by atoms with Gasteiger partial charge in [-0.25, -0.2) is 4.39 Å². The zero-order chi connectivity index (χ0) is 18.1. The molecule has 1 atom stereocenters. The molecular weight excluding hydrogens is 368 g/mol. The fourth-order valence-corrected chi connectivity index (χ4v) is 3.17. The number of amides is 1.